The Hall–Kier alpha value is -1.59. The lowest BCUT2D eigenvalue weighted by Gasteiger charge is -2.26. The summed E-state index contributed by atoms with van der Waals surface area (Å²) in [5.74, 6) is 0.713. The zero-order chi connectivity index (χ0) is 15.8. The van der Waals surface area contributed by atoms with Crippen LogP contribution in [-0.2, 0) is 4.74 Å². The summed E-state index contributed by atoms with van der Waals surface area (Å²) in [7, 11) is 1.62. The first-order chi connectivity index (χ1) is 10.7. The number of hydrogen-bond acceptors (Lipinski definition) is 4. The predicted molar refractivity (Wildman–Crippen MR) is 86.6 cm³/mol. The molecule has 1 aromatic rings. The standard InChI is InChI=1S/C17H26N2O3/c1-14-5-6-15(13-16(14)21-2)17(20)18-7-3-4-8-19-9-11-22-12-10-19/h5-6,13H,3-4,7-12H2,1-2H3,(H,18,20). The highest BCUT2D eigenvalue weighted by Gasteiger charge is 2.10. The van der Waals surface area contributed by atoms with E-state index in [0.717, 1.165) is 57.0 Å². The van der Waals surface area contributed by atoms with Gasteiger partial charge in [-0.25, -0.2) is 0 Å². The normalized spacial score (nSPS) is 15.5. The van der Waals surface area contributed by atoms with Crippen LogP contribution in [0.4, 0.5) is 0 Å². The average molecular weight is 306 g/mol. The number of morpholine rings is 1. The van der Waals surface area contributed by atoms with Crippen molar-refractivity contribution in [2.24, 2.45) is 0 Å². The summed E-state index contributed by atoms with van der Waals surface area (Å²) in [6, 6.07) is 5.53. The Morgan fingerprint density at radius 2 is 2.09 bits per heavy atom. The van der Waals surface area contributed by atoms with Gasteiger partial charge >= 0.3 is 0 Å². The van der Waals surface area contributed by atoms with E-state index in [1.807, 2.05) is 19.1 Å². The van der Waals surface area contributed by atoms with Crippen molar-refractivity contribution < 1.29 is 14.3 Å². The van der Waals surface area contributed by atoms with Crippen LogP contribution in [0.3, 0.4) is 0 Å². The third-order valence-corrected chi connectivity index (χ3v) is 3.96. The second-order valence-corrected chi connectivity index (χ2v) is 5.60. The first-order valence-electron chi connectivity index (χ1n) is 7.93. The van der Waals surface area contributed by atoms with Crippen LogP contribution >= 0.6 is 0 Å². The number of ether oxygens (including phenoxy) is 2. The molecule has 0 aliphatic carbocycles. The fourth-order valence-corrected chi connectivity index (χ4v) is 2.55. The molecule has 1 heterocycles. The molecule has 1 aromatic carbocycles. The minimum Gasteiger partial charge on any atom is -0.496 e. The number of benzene rings is 1. The van der Waals surface area contributed by atoms with Crippen LogP contribution in [0.5, 0.6) is 5.75 Å². The third-order valence-electron chi connectivity index (χ3n) is 3.96. The number of nitrogens with one attached hydrogen (secondary N) is 1. The quantitative estimate of drug-likeness (QED) is 0.781. The molecule has 0 unspecified atom stereocenters. The summed E-state index contributed by atoms with van der Waals surface area (Å²) in [4.78, 5) is 14.5. The Bertz CT molecular complexity index is 485. The molecule has 1 aliphatic heterocycles. The molecule has 122 valence electrons. The summed E-state index contributed by atoms with van der Waals surface area (Å²) < 4.78 is 10.6. The molecule has 0 radical (unpaired) electrons. The highest BCUT2D eigenvalue weighted by atomic mass is 16.5. The van der Waals surface area contributed by atoms with Gasteiger partial charge in [0.15, 0.2) is 0 Å². The van der Waals surface area contributed by atoms with Gasteiger partial charge in [-0.3, -0.25) is 9.69 Å². The topological polar surface area (TPSA) is 50.8 Å². The number of carbonyl (C=O) groups excluding carboxylic acids is 1. The molecule has 1 fully saturated rings. The van der Waals surface area contributed by atoms with Crippen LogP contribution in [0.15, 0.2) is 18.2 Å². The van der Waals surface area contributed by atoms with E-state index >= 15 is 0 Å². The van der Waals surface area contributed by atoms with Gasteiger partial charge in [-0.05, 0) is 44.0 Å². The zero-order valence-electron chi connectivity index (χ0n) is 13.6. The van der Waals surface area contributed by atoms with Crippen molar-refractivity contribution in [1.29, 1.82) is 0 Å². The van der Waals surface area contributed by atoms with Gasteiger partial charge in [0.1, 0.15) is 5.75 Å². The van der Waals surface area contributed by atoms with Crippen LogP contribution in [0.1, 0.15) is 28.8 Å². The van der Waals surface area contributed by atoms with Crippen molar-refractivity contribution in [3.05, 3.63) is 29.3 Å². The fraction of sp³-hybridized carbons (Fsp3) is 0.588. The van der Waals surface area contributed by atoms with Gasteiger partial charge < -0.3 is 14.8 Å². The molecule has 1 N–H and O–H groups in total. The Morgan fingerprint density at radius 1 is 1.32 bits per heavy atom. The smallest absolute Gasteiger partial charge is 0.251 e. The highest BCUT2D eigenvalue weighted by Crippen LogP contribution is 2.18. The lowest BCUT2D eigenvalue weighted by atomic mass is 10.1. The molecular weight excluding hydrogens is 280 g/mol. The largest absolute Gasteiger partial charge is 0.496 e. The molecule has 1 aliphatic rings. The average Bonchev–Trinajstić information content (AvgIpc) is 2.55. The van der Waals surface area contributed by atoms with Gasteiger partial charge in [0.05, 0.1) is 20.3 Å². The highest BCUT2D eigenvalue weighted by molar-refractivity contribution is 5.94. The molecule has 22 heavy (non-hydrogen) atoms. The summed E-state index contributed by atoms with van der Waals surface area (Å²) in [5.41, 5.74) is 1.68. The maximum absolute atomic E-state index is 12.1. The van der Waals surface area contributed by atoms with Gasteiger partial charge in [-0.1, -0.05) is 6.07 Å². The van der Waals surface area contributed by atoms with Gasteiger partial charge in [0.2, 0.25) is 0 Å². The summed E-state index contributed by atoms with van der Waals surface area (Å²) in [5, 5.41) is 2.97. The van der Waals surface area contributed by atoms with Crippen LogP contribution < -0.4 is 10.1 Å². The number of methoxy groups -OCH3 is 1. The molecule has 0 saturated carbocycles. The maximum Gasteiger partial charge on any atom is 0.251 e. The number of aryl methyl sites for hydroxylation is 1. The first-order valence-corrected chi connectivity index (χ1v) is 7.93. The number of nitrogens with zero attached hydrogens (tertiary/aromatic N) is 1. The summed E-state index contributed by atoms with van der Waals surface area (Å²) in [6.07, 6.45) is 2.09. The van der Waals surface area contributed by atoms with Crippen molar-refractivity contribution in [1.82, 2.24) is 10.2 Å². The minimum atomic E-state index is -0.0373. The van der Waals surface area contributed by atoms with E-state index in [1.54, 1.807) is 13.2 Å². The van der Waals surface area contributed by atoms with E-state index in [-0.39, 0.29) is 5.91 Å². The van der Waals surface area contributed by atoms with Crippen LogP contribution in [0.2, 0.25) is 0 Å². The van der Waals surface area contributed by atoms with Gasteiger partial charge in [-0.15, -0.1) is 0 Å². The molecule has 1 saturated heterocycles. The van der Waals surface area contributed by atoms with Crippen LogP contribution in [0.25, 0.3) is 0 Å². The third kappa shape index (κ3) is 5.00. The molecule has 0 spiro atoms. The number of hydrogen-bond donors (Lipinski definition) is 1. The van der Waals surface area contributed by atoms with Gasteiger partial charge in [0, 0.05) is 25.2 Å². The molecule has 2 rings (SSSR count). The molecule has 1 amide bonds. The van der Waals surface area contributed by atoms with Gasteiger partial charge in [-0.2, -0.15) is 0 Å². The van der Waals surface area contributed by atoms with Crippen LogP contribution in [0, 0.1) is 6.92 Å². The molecular formula is C17H26N2O3. The Morgan fingerprint density at radius 3 is 2.82 bits per heavy atom. The Labute approximate surface area is 132 Å². The monoisotopic (exact) mass is 306 g/mol. The van der Waals surface area contributed by atoms with Crippen molar-refractivity contribution in [2.75, 3.05) is 46.5 Å². The zero-order valence-corrected chi connectivity index (χ0v) is 13.6. The van der Waals surface area contributed by atoms with Crippen molar-refractivity contribution in [2.45, 2.75) is 19.8 Å². The number of amides is 1. The first kappa shape index (κ1) is 16.8. The Balaban J connectivity index is 1.67. The number of rotatable bonds is 7. The van der Waals surface area contributed by atoms with E-state index in [9.17, 15) is 4.79 Å². The SMILES string of the molecule is COc1cc(C(=O)NCCCCN2CCOCC2)ccc1C. The second-order valence-electron chi connectivity index (χ2n) is 5.60. The molecule has 5 heteroatoms. The van der Waals surface area contributed by atoms with Crippen molar-refractivity contribution >= 4 is 5.91 Å². The van der Waals surface area contributed by atoms with E-state index in [0.29, 0.717) is 12.1 Å². The lowest BCUT2D eigenvalue weighted by Crippen LogP contribution is -2.37. The van der Waals surface area contributed by atoms with Crippen molar-refractivity contribution in [3.63, 3.8) is 0 Å². The van der Waals surface area contributed by atoms with Gasteiger partial charge in [0.25, 0.3) is 5.91 Å². The van der Waals surface area contributed by atoms with E-state index < -0.39 is 0 Å². The van der Waals surface area contributed by atoms with Crippen LogP contribution in [-0.4, -0.2) is 57.3 Å². The molecule has 0 aromatic heterocycles. The summed E-state index contributed by atoms with van der Waals surface area (Å²) in [6.45, 7) is 7.48. The summed E-state index contributed by atoms with van der Waals surface area (Å²) >= 11 is 0. The second kappa shape index (κ2) is 8.76. The van der Waals surface area contributed by atoms with E-state index in [2.05, 4.69) is 10.2 Å². The maximum atomic E-state index is 12.1. The van der Waals surface area contributed by atoms with Crippen molar-refractivity contribution in [3.8, 4) is 5.75 Å². The lowest BCUT2D eigenvalue weighted by molar-refractivity contribution is 0.0372. The van der Waals surface area contributed by atoms with E-state index in [4.69, 9.17) is 9.47 Å². The predicted octanol–water partition coefficient (Wildman–Crippen LogP) is 1.85. The Kier molecular flexibility index (Phi) is 6.68. The molecule has 0 atom stereocenters. The minimum absolute atomic E-state index is 0.0373. The molecule has 0 bridgehead atoms. The number of carbonyl (C=O) groups is 1. The fourth-order valence-electron chi connectivity index (χ4n) is 2.55. The van der Waals surface area contributed by atoms with E-state index in [1.165, 1.54) is 0 Å². The molecule has 5 nitrogen and oxygen atoms in total. The number of unbranched alkanes of at least 4 members (excludes halogenated alkanes) is 1.